The molecule has 20 heavy (non-hydrogen) atoms. The van der Waals surface area contributed by atoms with Crippen molar-refractivity contribution in [3.8, 4) is 0 Å². The second-order valence-corrected chi connectivity index (χ2v) is 4.23. The van der Waals surface area contributed by atoms with Gasteiger partial charge in [0, 0.05) is 12.7 Å². The molecule has 1 heterocycles. The molecule has 3 N–H and O–H groups in total. The van der Waals surface area contributed by atoms with Gasteiger partial charge in [0.25, 0.3) is 0 Å². The van der Waals surface area contributed by atoms with E-state index >= 15 is 0 Å². The standard InChI is InChI=1S/C14H18N4O2/c1-3-18-9-11(8-16-18)17-13-6-5-10(7-12(13)15)14(19)20-4-2/h5-9,17H,3-4,15H2,1-2H3. The number of nitrogen functional groups attached to an aromatic ring is 1. The Morgan fingerprint density at radius 3 is 2.85 bits per heavy atom. The Morgan fingerprint density at radius 1 is 1.45 bits per heavy atom. The Balaban J connectivity index is 2.15. The molecule has 0 aliphatic heterocycles. The summed E-state index contributed by atoms with van der Waals surface area (Å²) in [6.07, 6.45) is 3.61. The Bertz CT molecular complexity index is 607. The Kier molecular flexibility index (Phi) is 4.24. The minimum atomic E-state index is -0.371. The molecule has 0 atom stereocenters. The monoisotopic (exact) mass is 274 g/mol. The number of nitrogens with zero attached hydrogens (tertiary/aromatic N) is 2. The van der Waals surface area contributed by atoms with E-state index in [0.29, 0.717) is 17.9 Å². The number of aryl methyl sites for hydroxylation is 1. The van der Waals surface area contributed by atoms with Crippen LogP contribution < -0.4 is 11.1 Å². The highest BCUT2D eigenvalue weighted by atomic mass is 16.5. The van der Waals surface area contributed by atoms with Gasteiger partial charge in [-0.3, -0.25) is 4.68 Å². The van der Waals surface area contributed by atoms with E-state index in [1.165, 1.54) is 0 Å². The first-order chi connectivity index (χ1) is 9.63. The van der Waals surface area contributed by atoms with Crippen LogP contribution >= 0.6 is 0 Å². The summed E-state index contributed by atoms with van der Waals surface area (Å²) in [6, 6.07) is 5.04. The predicted octanol–water partition coefficient (Wildman–Crippen LogP) is 2.41. The second-order valence-electron chi connectivity index (χ2n) is 4.23. The zero-order chi connectivity index (χ0) is 14.5. The van der Waals surface area contributed by atoms with Crippen LogP contribution in [-0.4, -0.2) is 22.4 Å². The van der Waals surface area contributed by atoms with Crippen molar-refractivity contribution in [3.63, 3.8) is 0 Å². The number of esters is 1. The van der Waals surface area contributed by atoms with Crippen LogP contribution in [0.25, 0.3) is 0 Å². The smallest absolute Gasteiger partial charge is 0.338 e. The fourth-order valence-electron chi connectivity index (χ4n) is 1.77. The topological polar surface area (TPSA) is 82.2 Å². The third kappa shape index (κ3) is 3.09. The summed E-state index contributed by atoms with van der Waals surface area (Å²) in [5.74, 6) is -0.371. The molecule has 0 saturated heterocycles. The van der Waals surface area contributed by atoms with Gasteiger partial charge in [-0.25, -0.2) is 4.79 Å². The molecule has 0 fully saturated rings. The minimum Gasteiger partial charge on any atom is -0.462 e. The molecule has 1 aromatic carbocycles. The average molecular weight is 274 g/mol. The van der Waals surface area contributed by atoms with Crippen LogP contribution in [0.3, 0.4) is 0 Å². The molecular weight excluding hydrogens is 256 g/mol. The number of hydrogen-bond acceptors (Lipinski definition) is 5. The molecule has 2 aromatic rings. The van der Waals surface area contributed by atoms with E-state index in [4.69, 9.17) is 10.5 Å². The summed E-state index contributed by atoms with van der Waals surface area (Å²) in [5, 5.41) is 7.33. The normalized spacial score (nSPS) is 10.3. The molecule has 0 aliphatic rings. The number of nitrogens with one attached hydrogen (secondary N) is 1. The highest BCUT2D eigenvalue weighted by Crippen LogP contribution is 2.24. The van der Waals surface area contributed by atoms with Crippen LogP contribution in [0.15, 0.2) is 30.6 Å². The van der Waals surface area contributed by atoms with Gasteiger partial charge < -0.3 is 15.8 Å². The molecule has 1 aromatic heterocycles. The average Bonchev–Trinajstić information content (AvgIpc) is 2.89. The molecule has 0 radical (unpaired) electrons. The van der Waals surface area contributed by atoms with Crippen molar-refractivity contribution >= 4 is 23.0 Å². The van der Waals surface area contributed by atoms with Gasteiger partial charge in [-0.2, -0.15) is 5.10 Å². The Labute approximate surface area is 117 Å². The molecule has 0 aliphatic carbocycles. The van der Waals surface area contributed by atoms with Crippen molar-refractivity contribution in [2.45, 2.75) is 20.4 Å². The van der Waals surface area contributed by atoms with Gasteiger partial charge in [0.15, 0.2) is 0 Å². The first kappa shape index (κ1) is 13.9. The highest BCUT2D eigenvalue weighted by Gasteiger charge is 2.09. The maximum absolute atomic E-state index is 11.6. The number of aromatic nitrogens is 2. The third-order valence-corrected chi connectivity index (χ3v) is 2.80. The minimum absolute atomic E-state index is 0.342. The van der Waals surface area contributed by atoms with Crippen molar-refractivity contribution in [2.24, 2.45) is 0 Å². The van der Waals surface area contributed by atoms with Gasteiger partial charge in [0.05, 0.1) is 35.4 Å². The maximum atomic E-state index is 11.6. The highest BCUT2D eigenvalue weighted by molar-refractivity contribution is 5.92. The number of rotatable bonds is 5. The molecule has 6 nitrogen and oxygen atoms in total. The van der Waals surface area contributed by atoms with Gasteiger partial charge in [0.1, 0.15) is 0 Å². The fraction of sp³-hybridized carbons (Fsp3) is 0.286. The van der Waals surface area contributed by atoms with Crippen molar-refractivity contribution in [2.75, 3.05) is 17.7 Å². The lowest BCUT2D eigenvalue weighted by Gasteiger charge is -2.09. The summed E-state index contributed by atoms with van der Waals surface area (Å²) in [5.41, 5.74) is 8.45. The number of carbonyl (C=O) groups excluding carboxylic acids is 1. The predicted molar refractivity (Wildman–Crippen MR) is 78.0 cm³/mol. The largest absolute Gasteiger partial charge is 0.462 e. The number of hydrogen-bond donors (Lipinski definition) is 2. The van der Waals surface area contributed by atoms with Crippen LogP contribution in [0, 0.1) is 0 Å². The lowest BCUT2D eigenvalue weighted by Crippen LogP contribution is -2.06. The van der Waals surface area contributed by atoms with Gasteiger partial charge in [-0.15, -0.1) is 0 Å². The second kappa shape index (κ2) is 6.10. The van der Waals surface area contributed by atoms with Crippen molar-refractivity contribution < 1.29 is 9.53 Å². The summed E-state index contributed by atoms with van der Waals surface area (Å²) in [7, 11) is 0. The number of carbonyl (C=O) groups is 1. The first-order valence-corrected chi connectivity index (χ1v) is 6.50. The molecule has 0 saturated carbocycles. The van der Waals surface area contributed by atoms with E-state index in [2.05, 4.69) is 10.4 Å². The molecular formula is C14H18N4O2. The molecule has 2 rings (SSSR count). The van der Waals surface area contributed by atoms with Gasteiger partial charge >= 0.3 is 5.97 Å². The van der Waals surface area contributed by atoms with Crippen molar-refractivity contribution in [1.82, 2.24) is 9.78 Å². The SMILES string of the molecule is CCOC(=O)c1ccc(Nc2cnn(CC)c2)c(N)c1. The van der Waals surface area contributed by atoms with Crippen LogP contribution in [0.5, 0.6) is 0 Å². The number of nitrogens with two attached hydrogens (primary N) is 1. The summed E-state index contributed by atoms with van der Waals surface area (Å²) in [6.45, 7) is 4.93. The number of ether oxygens (including phenoxy) is 1. The molecule has 0 amide bonds. The van der Waals surface area contributed by atoms with E-state index in [1.807, 2.05) is 17.8 Å². The number of anilines is 3. The molecule has 0 unspecified atom stereocenters. The van der Waals surface area contributed by atoms with Gasteiger partial charge in [-0.05, 0) is 32.0 Å². The Morgan fingerprint density at radius 2 is 2.25 bits per heavy atom. The summed E-state index contributed by atoms with van der Waals surface area (Å²) < 4.78 is 6.74. The van der Waals surface area contributed by atoms with E-state index < -0.39 is 0 Å². The first-order valence-electron chi connectivity index (χ1n) is 6.50. The van der Waals surface area contributed by atoms with Crippen LogP contribution in [-0.2, 0) is 11.3 Å². The Hall–Kier alpha value is -2.50. The van der Waals surface area contributed by atoms with Crippen LogP contribution in [0.4, 0.5) is 17.1 Å². The van der Waals surface area contributed by atoms with Crippen LogP contribution in [0.2, 0.25) is 0 Å². The van der Waals surface area contributed by atoms with Gasteiger partial charge in [0.2, 0.25) is 0 Å². The molecule has 0 spiro atoms. The van der Waals surface area contributed by atoms with Gasteiger partial charge in [-0.1, -0.05) is 0 Å². The van der Waals surface area contributed by atoms with Crippen molar-refractivity contribution in [3.05, 3.63) is 36.2 Å². The van der Waals surface area contributed by atoms with Crippen molar-refractivity contribution in [1.29, 1.82) is 0 Å². The summed E-state index contributed by atoms with van der Waals surface area (Å²) >= 11 is 0. The zero-order valence-corrected chi connectivity index (χ0v) is 11.6. The number of benzene rings is 1. The summed E-state index contributed by atoms with van der Waals surface area (Å²) in [4.78, 5) is 11.6. The maximum Gasteiger partial charge on any atom is 0.338 e. The molecule has 106 valence electrons. The quantitative estimate of drug-likeness (QED) is 0.646. The lowest BCUT2D eigenvalue weighted by molar-refractivity contribution is 0.0526. The lowest BCUT2D eigenvalue weighted by atomic mass is 10.1. The molecule has 0 bridgehead atoms. The third-order valence-electron chi connectivity index (χ3n) is 2.80. The fourth-order valence-corrected chi connectivity index (χ4v) is 1.77. The van der Waals surface area contributed by atoms with E-state index in [1.54, 1.807) is 31.3 Å². The zero-order valence-electron chi connectivity index (χ0n) is 11.6. The van der Waals surface area contributed by atoms with E-state index in [0.717, 1.165) is 17.9 Å². The van der Waals surface area contributed by atoms with Crippen LogP contribution in [0.1, 0.15) is 24.2 Å². The van der Waals surface area contributed by atoms with E-state index in [-0.39, 0.29) is 5.97 Å². The molecule has 6 heteroatoms. The van der Waals surface area contributed by atoms with E-state index in [9.17, 15) is 4.79 Å².